The molecule has 0 aromatic carbocycles. The summed E-state index contributed by atoms with van der Waals surface area (Å²) < 4.78 is 0. The number of hydrogen-bond acceptors (Lipinski definition) is 4. The Morgan fingerprint density at radius 1 is 1.04 bits per heavy atom. The summed E-state index contributed by atoms with van der Waals surface area (Å²) in [5.74, 6) is 1.39. The van der Waals surface area contributed by atoms with Gasteiger partial charge in [-0.15, -0.1) is 24.0 Å². The highest BCUT2D eigenvalue weighted by atomic mass is 127. The molecule has 0 radical (unpaired) electrons. The minimum atomic E-state index is 0. The predicted molar refractivity (Wildman–Crippen MR) is 121 cm³/mol. The normalized spacial score (nSPS) is 20.6. The van der Waals surface area contributed by atoms with E-state index < -0.39 is 0 Å². The van der Waals surface area contributed by atoms with Crippen LogP contribution in [0.2, 0.25) is 0 Å². The van der Waals surface area contributed by atoms with Crippen molar-refractivity contribution >= 4 is 35.8 Å². The molecule has 1 unspecified atom stereocenters. The fourth-order valence-corrected chi connectivity index (χ4v) is 3.46. The Morgan fingerprint density at radius 2 is 1.67 bits per heavy atom. The Kier molecular flexibility index (Phi) is 12.3. The first-order chi connectivity index (χ1) is 12.6. The third kappa shape index (κ3) is 8.51. The average molecular weight is 495 g/mol. The zero-order chi connectivity index (χ0) is 18.8. The summed E-state index contributed by atoms with van der Waals surface area (Å²) in [6.07, 6.45) is 4.80. The van der Waals surface area contributed by atoms with Crippen LogP contribution in [0.1, 0.15) is 39.5 Å². The van der Waals surface area contributed by atoms with Gasteiger partial charge in [0, 0.05) is 59.0 Å². The maximum Gasteiger partial charge on any atom is 0.236 e. The predicted octanol–water partition coefficient (Wildman–Crippen LogP) is 1.22. The van der Waals surface area contributed by atoms with Gasteiger partial charge in [0.1, 0.15) is 0 Å². The van der Waals surface area contributed by atoms with E-state index in [0.29, 0.717) is 13.1 Å². The Morgan fingerprint density at radius 3 is 2.22 bits per heavy atom. The van der Waals surface area contributed by atoms with E-state index in [0.717, 1.165) is 64.6 Å². The minimum absolute atomic E-state index is 0. The van der Waals surface area contributed by atoms with Crippen LogP contribution in [-0.4, -0.2) is 97.2 Å². The van der Waals surface area contributed by atoms with Crippen LogP contribution in [0.15, 0.2) is 4.99 Å². The number of guanidine groups is 1. The van der Waals surface area contributed by atoms with Crippen LogP contribution < -0.4 is 5.32 Å². The maximum atomic E-state index is 12.6. The van der Waals surface area contributed by atoms with Crippen LogP contribution in [0.25, 0.3) is 0 Å². The second-order valence-corrected chi connectivity index (χ2v) is 7.54. The number of rotatable bonds is 6. The smallest absolute Gasteiger partial charge is 0.236 e. The molecule has 0 aromatic heterocycles. The summed E-state index contributed by atoms with van der Waals surface area (Å²) in [7, 11) is 0. The van der Waals surface area contributed by atoms with Gasteiger partial charge in [0.05, 0.1) is 6.54 Å². The summed E-state index contributed by atoms with van der Waals surface area (Å²) in [5, 5.41) is 12.5. The lowest BCUT2D eigenvalue weighted by molar-refractivity contribution is -0.132. The number of likely N-dealkylation sites (tertiary alicyclic amines) is 1. The van der Waals surface area contributed by atoms with Gasteiger partial charge in [-0.2, -0.15) is 0 Å². The van der Waals surface area contributed by atoms with Gasteiger partial charge in [-0.3, -0.25) is 14.7 Å². The molecule has 1 atom stereocenters. The number of carbonyl (C=O) groups is 1. The summed E-state index contributed by atoms with van der Waals surface area (Å²) in [6.45, 7) is 11.6. The van der Waals surface area contributed by atoms with Crippen molar-refractivity contribution in [3.8, 4) is 0 Å². The molecule has 0 aromatic rings. The number of carbonyl (C=O) groups excluding carboxylic acids is 1. The molecule has 2 rings (SSSR count). The van der Waals surface area contributed by atoms with Crippen LogP contribution in [0.3, 0.4) is 0 Å². The molecule has 2 saturated heterocycles. The topological polar surface area (TPSA) is 71.4 Å². The van der Waals surface area contributed by atoms with Gasteiger partial charge in [0.2, 0.25) is 5.91 Å². The van der Waals surface area contributed by atoms with E-state index >= 15 is 0 Å². The Balaban J connectivity index is 0.00000364. The highest BCUT2D eigenvalue weighted by Crippen LogP contribution is 2.11. The van der Waals surface area contributed by atoms with Crippen molar-refractivity contribution in [3.63, 3.8) is 0 Å². The second-order valence-electron chi connectivity index (χ2n) is 7.54. The van der Waals surface area contributed by atoms with Gasteiger partial charge < -0.3 is 20.2 Å². The zero-order valence-corrected chi connectivity index (χ0v) is 19.4. The van der Waals surface area contributed by atoms with Crippen molar-refractivity contribution in [3.05, 3.63) is 0 Å². The molecule has 0 spiro atoms. The lowest BCUT2D eigenvalue weighted by atomic mass is 10.2. The fraction of sp³-hybridized carbons (Fsp3) is 0.895. The largest absolute Gasteiger partial charge is 0.396 e. The van der Waals surface area contributed by atoms with E-state index in [-0.39, 0.29) is 42.4 Å². The van der Waals surface area contributed by atoms with Crippen LogP contribution in [0.4, 0.5) is 0 Å². The quantitative estimate of drug-likeness (QED) is 0.330. The Bertz CT molecular complexity index is 447. The molecule has 8 heteroatoms. The van der Waals surface area contributed by atoms with Crippen LogP contribution in [-0.2, 0) is 4.79 Å². The van der Waals surface area contributed by atoms with E-state index in [1.807, 2.05) is 6.92 Å². The van der Waals surface area contributed by atoms with Gasteiger partial charge in [-0.1, -0.05) is 19.8 Å². The molecule has 2 N–H and O–H groups in total. The third-order valence-electron chi connectivity index (χ3n) is 5.19. The molecule has 2 aliphatic rings. The van der Waals surface area contributed by atoms with Crippen molar-refractivity contribution in [2.45, 2.75) is 39.5 Å². The number of aliphatic imine (C=N–C) groups is 1. The number of hydrogen-bond donors (Lipinski definition) is 2. The van der Waals surface area contributed by atoms with E-state index in [1.165, 1.54) is 12.8 Å². The number of nitrogens with one attached hydrogen (secondary N) is 1. The molecule has 7 nitrogen and oxygen atoms in total. The van der Waals surface area contributed by atoms with Crippen molar-refractivity contribution in [2.24, 2.45) is 10.9 Å². The molecule has 1 amide bonds. The number of aliphatic hydroxyl groups excluding tert-OH is 1. The van der Waals surface area contributed by atoms with Crippen LogP contribution in [0, 0.1) is 5.92 Å². The van der Waals surface area contributed by atoms with E-state index in [2.05, 4.69) is 31.9 Å². The summed E-state index contributed by atoms with van der Waals surface area (Å²) >= 11 is 0. The van der Waals surface area contributed by atoms with E-state index in [1.54, 1.807) is 0 Å². The molecular weight excluding hydrogens is 457 g/mol. The number of piperazine rings is 1. The molecule has 27 heavy (non-hydrogen) atoms. The number of halogens is 1. The van der Waals surface area contributed by atoms with Crippen molar-refractivity contribution in [1.29, 1.82) is 0 Å². The second kappa shape index (κ2) is 13.5. The third-order valence-corrected chi connectivity index (χ3v) is 5.19. The molecule has 0 saturated carbocycles. The van der Waals surface area contributed by atoms with Crippen LogP contribution >= 0.6 is 24.0 Å². The van der Waals surface area contributed by atoms with Gasteiger partial charge in [-0.05, 0) is 25.7 Å². The highest BCUT2D eigenvalue weighted by Gasteiger charge is 2.23. The summed E-state index contributed by atoms with van der Waals surface area (Å²) in [6, 6.07) is 0. The minimum Gasteiger partial charge on any atom is -0.396 e. The van der Waals surface area contributed by atoms with E-state index in [9.17, 15) is 9.90 Å². The first kappa shape index (κ1) is 24.4. The SMILES string of the molecule is CCNC(=NCC(C)CO)N1CCN(CC(=O)N2CCCCCC2)CC1.I. The fourth-order valence-electron chi connectivity index (χ4n) is 3.46. The maximum absolute atomic E-state index is 12.6. The molecule has 0 bridgehead atoms. The number of amides is 1. The first-order valence-electron chi connectivity index (χ1n) is 10.3. The summed E-state index contributed by atoms with van der Waals surface area (Å²) in [5.41, 5.74) is 0. The molecule has 2 aliphatic heterocycles. The summed E-state index contributed by atoms with van der Waals surface area (Å²) in [4.78, 5) is 23.8. The first-order valence-corrected chi connectivity index (χ1v) is 10.3. The van der Waals surface area contributed by atoms with Gasteiger partial charge in [0.15, 0.2) is 5.96 Å². The molecule has 2 heterocycles. The number of aliphatic hydroxyl groups is 1. The van der Waals surface area contributed by atoms with Crippen LogP contribution in [0.5, 0.6) is 0 Å². The van der Waals surface area contributed by atoms with Crippen molar-refractivity contribution < 1.29 is 9.90 Å². The number of nitrogens with zero attached hydrogens (tertiary/aromatic N) is 4. The Hall–Kier alpha value is -0.610. The average Bonchev–Trinajstić information content (AvgIpc) is 2.95. The molecule has 0 aliphatic carbocycles. The van der Waals surface area contributed by atoms with Gasteiger partial charge in [-0.25, -0.2) is 0 Å². The molecule has 2 fully saturated rings. The monoisotopic (exact) mass is 495 g/mol. The lowest BCUT2D eigenvalue weighted by Crippen LogP contribution is -2.54. The van der Waals surface area contributed by atoms with Gasteiger partial charge >= 0.3 is 0 Å². The van der Waals surface area contributed by atoms with Crippen molar-refractivity contribution in [1.82, 2.24) is 20.0 Å². The zero-order valence-electron chi connectivity index (χ0n) is 17.0. The lowest BCUT2D eigenvalue weighted by Gasteiger charge is -2.37. The van der Waals surface area contributed by atoms with E-state index in [4.69, 9.17) is 0 Å². The Labute approximate surface area is 181 Å². The molecule has 158 valence electrons. The highest BCUT2D eigenvalue weighted by molar-refractivity contribution is 14.0. The van der Waals surface area contributed by atoms with Gasteiger partial charge in [0.25, 0.3) is 0 Å². The van der Waals surface area contributed by atoms with Crippen molar-refractivity contribution in [2.75, 3.05) is 65.5 Å². The standard InChI is InChI=1S/C19H37N5O2.HI/c1-3-20-19(21-14-17(2)16-25)24-12-10-22(11-13-24)15-18(26)23-8-6-4-5-7-9-23;/h17,25H,3-16H2,1-2H3,(H,20,21);1H. The molecular formula is C19H38IN5O2.